The van der Waals surface area contributed by atoms with Crippen molar-refractivity contribution >= 4 is 21.7 Å². The number of carbonyl (C=O) groups excluding carboxylic acids is 2. The molecule has 2 aliphatic rings. The van der Waals surface area contributed by atoms with Crippen molar-refractivity contribution in [2.75, 3.05) is 31.8 Å². The maximum absolute atomic E-state index is 12.4. The SMILES string of the molecule is COc1cc(C(=O)O[C@@H](C)C(=O)N[C@H]2CCS(=O)(=O)C2)cc2c1OCCO2. The molecule has 0 spiro atoms. The summed E-state index contributed by atoms with van der Waals surface area (Å²) in [6, 6.07) is 2.45. The van der Waals surface area contributed by atoms with Crippen LogP contribution in [0.1, 0.15) is 23.7 Å². The van der Waals surface area contributed by atoms with Crippen molar-refractivity contribution in [3.05, 3.63) is 17.7 Å². The fraction of sp³-hybridized carbons (Fsp3) is 0.529. The molecule has 1 aromatic carbocycles. The third kappa shape index (κ3) is 4.44. The van der Waals surface area contributed by atoms with Gasteiger partial charge in [-0.2, -0.15) is 0 Å². The van der Waals surface area contributed by atoms with E-state index >= 15 is 0 Å². The van der Waals surface area contributed by atoms with Crippen molar-refractivity contribution in [2.45, 2.75) is 25.5 Å². The number of methoxy groups -OCH3 is 1. The highest BCUT2D eigenvalue weighted by Crippen LogP contribution is 2.40. The summed E-state index contributed by atoms with van der Waals surface area (Å²) in [4.78, 5) is 24.6. The van der Waals surface area contributed by atoms with E-state index in [4.69, 9.17) is 18.9 Å². The Hall–Kier alpha value is -2.49. The molecule has 2 heterocycles. The maximum Gasteiger partial charge on any atom is 0.339 e. The molecule has 2 atom stereocenters. The van der Waals surface area contributed by atoms with Gasteiger partial charge in [0.05, 0.1) is 24.2 Å². The van der Waals surface area contributed by atoms with Gasteiger partial charge in [0.25, 0.3) is 5.91 Å². The maximum atomic E-state index is 12.4. The fourth-order valence-corrected chi connectivity index (χ4v) is 4.57. The van der Waals surface area contributed by atoms with Gasteiger partial charge in [0.1, 0.15) is 13.2 Å². The molecule has 2 aliphatic heterocycles. The van der Waals surface area contributed by atoms with E-state index in [9.17, 15) is 18.0 Å². The fourth-order valence-electron chi connectivity index (χ4n) is 2.90. The largest absolute Gasteiger partial charge is 0.493 e. The second-order valence-corrected chi connectivity index (χ2v) is 8.59. The molecule has 1 aromatic rings. The molecule has 10 heteroatoms. The Labute approximate surface area is 156 Å². The zero-order chi connectivity index (χ0) is 19.6. The molecule has 148 valence electrons. The van der Waals surface area contributed by atoms with Crippen molar-refractivity contribution in [1.29, 1.82) is 0 Å². The minimum atomic E-state index is -3.11. The Morgan fingerprint density at radius 1 is 1.26 bits per heavy atom. The topological polar surface area (TPSA) is 117 Å². The molecule has 0 radical (unpaired) electrons. The molecule has 0 bridgehead atoms. The Bertz CT molecular complexity index is 833. The van der Waals surface area contributed by atoms with E-state index in [2.05, 4.69) is 5.32 Å². The Morgan fingerprint density at radius 3 is 2.67 bits per heavy atom. The minimum absolute atomic E-state index is 0.0447. The van der Waals surface area contributed by atoms with Crippen LogP contribution in [0.15, 0.2) is 12.1 Å². The van der Waals surface area contributed by atoms with Gasteiger partial charge in [-0.1, -0.05) is 0 Å². The zero-order valence-corrected chi connectivity index (χ0v) is 15.8. The van der Waals surface area contributed by atoms with E-state index < -0.39 is 33.9 Å². The Kier molecular flexibility index (Phi) is 5.45. The third-order valence-corrected chi connectivity index (χ3v) is 6.06. The van der Waals surface area contributed by atoms with Crippen LogP contribution >= 0.6 is 0 Å². The molecule has 27 heavy (non-hydrogen) atoms. The number of hydrogen-bond acceptors (Lipinski definition) is 8. The van der Waals surface area contributed by atoms with Crippen molar-refractivity contribution < 1.29 is 37.0 Å². The second kappa shape index (κ2) is 7.63. The van der Waals surface area contributed by atoms with Crippen LogP contribution in [0.3, 0.4) is 0 Å². The van der Waals surface area contributed by atoms with Gasteiger partial charge < -0.3 is 24.3 Å². The summed E-state index contributed by atoms with van der Waals surface area (Å²) >= 11 is 0. The number of amides is 1. The first kappa shape index (κ1) is 19.3. The van der Waals surface area contributed by atoms with Crippen molar-refractivity contribution in [1.82, 2.24) is 5.32 Å². The van der Waals surface area contributed by atoms with Crippen molar-refractivity contribution in [3.63, 3.8) is 0 Å². The normalized spacial score (nSPS) is 21.2. The molecule has 1 N–H and O–H groups in total. The molecule has 1 amide bonds. The third-order valence-electron chi connectivity index (χ3n) is 4.30. The first-order chi connectivity index (χ1) is 12.8. The van der Waals surface area contributed by atoms with Gasteiger partial charge in [0.15, 0.2) is 27.4 Å². The number of nitrogens with one attached hydrogen (secondary N) is 1. The lowest BCUT2D eigenvalue weighted by atomic mass is 10.1. The lowest BCUT2D eigenvalue weighted by Crippen LogP contribution is -2.42. The smallest absolute Gasteiger partial charge is 0.339 e. The summed E-state index contributed by atoms with van der Waals surface area (Å²) in [5.41, 5.74) is 0.152. The molecule has 0 aromatic heterocycles. The van der Waals surface area contributed by atoms with Gasteiger partial charge in [-0.15, -0.1) is 0 Å². The van der Waals surface area contributed by atoms with E-state index in [1.807, 2.05) is 0 Å². The summed E-state index contributed by atoms with van der Waals surface area (Å²) < 4.78 is 44.3. The molecular formula is C17H21NO8S. The van der Waals surface area contributed by atoms with E-state index in [-0.39, 0.29) is 17.1 Å². The summed E-state index contributed by atoms with van der Waals surface area (Å²) in [5, 5.41) is 2.60. The first-order valence-electron chi connectivity index (χ1n) is 8.48. The summed E-state index contributed by atoms with van der Waals surface area (Å²) in [7, 11) is -1.67. The number of sulfone groups is 1. The zero-order valence-electron chi connectivity index (χ0n) is 15.0. The molecule has 0 unspecified atom stereocenters. The highest BCUT2D eigenvalue weighted by Gasteiger charge is 2.31. The first-order valence-corrected chi connectivity index (χ1v) is 10.3. The van der Waals surface area contributed by atoms with Crippen LogP contribution in [0.25, 0.3) is 0 Å². The Morgan fingerprint density at radius 2 is 2.00 bits per heavy atom. The molecule has 0 aliphatic carbocycles. The molecule has 1 saturated heterocycles. The standard InChI is InChI=1S/C17H21NO8S/c1-10(16(19)18-12-3-6-27(21,22)9-12)26-17(20)11-7-13(23-2)15-14(8-11)24-4-5-25-15/h7-8,10,12H,3-6,9H2,1-2H3,(H,18,19)/t10-,12-/m0/s1. The van der Waals surface area contributed by atoms with E-state index in [1.54, 1.807) is 0 Å². The summed E-state index contributed by atoms with van der Waals surface area (Å²) in [6.45, 7) is 2.14. The quantitative estimate of drug-likeness (QED) is 0.704. The van der Waals surface area contributed by atoms with Gasteiger partial charge in [-0.3, -0.25) is 4.79 Å². The van der Waals surface area contributed by atoms with Crippen LogP contribution in [0.5, 0.6) is 17.2 Å². The van der Waals surface area contributed by atoms with E-state index in [1.165, 1.54) is 26.2 Å². The van der Waals surface area contributed by atoms with Crippen LogP contribution in [0.4, 0.5) is 0 Å². The highest BCUT2D eigenvalue weighted by atomic mass is 32.2. The summed E-state index contributed by atoms with van der Waals surface area (Å²) in [6.07, 6.45) is -0.728. The van der Waals surface area contributed by atoms with Gasteiger partial charge in [-0.05, 0) is 25.5 Å². The number of hydrogen-bond donors (Lipinski definition) is 1. The van der Waals surface area contributed by atoms with Crippen LogP contribution < -0.4 is 19.5 Å². The highest BCUT2D eigenvalue weighted by molar-refractivity contribution is 7.91. The molecule has 3 rings (SSSR count). The second-order valence-electron chi connectivity index (χ2n) is 6.36. The summed E-state index contributed by atoms with van der Waals surface area (Å²) in [5.74, 6) is -0.231. The van der Waals surface area contributed by atoms with Crippen LogP contribution in [-0.4, -0.2) is 64.3 Å². The average molecular weight is 399 g/mol. The lowest BCUT2D eigenvalue weighted by Gasteiger charge is -2.21. The van der Waals surface area contributed by atoms with Crippen LogP contribution in [0.2, 0.25) is 0 Å². The molecular weight excluding hydrogens is 378 g/mol. The number of ether oxygens (including phenoxy) is 4. The lowest BCUT2D eigenvalue weighted by molar-refractivity contribution is -0.129. The average Bonchev–Trinajstić information content (AvgIpc) is 2.98. The van der Waals surface area contributed by atoms with Gasteiger partial charge >= 0.3 is 5.97 Å². The number of carbonyl (C=O) groups is 2. The van der Waals surface area contributed by atoms with E-state index in [0.717, 1.165) is 0 Å². The predicted molar refractivity (Wildman–Crippen MR) is 94.1 cm³/mol. The Balaban J connectivity index is 1.65. The van der Waals surface area contributed by atoms with Crippen molar-refractivity contribution in [3.8, 4) is 17.2 Å². The molecule has 1 fully saturated rings. The van der Waals surface area contributed by atoms with Crippen molar-refractivity contribution in [2.24, 2.45) is 0 Å². The number of esters is 1. The van der Waals surface area contributed by atoms with Gasteiger partial charge in [-0.25, -0.2) is 13.2 Å². The number of rotatable bonds is 5. The number of benzene rings is 1. The molecule has 0 saturated carbocycles. The van der Waals surface area contributed by atoms with E-state index in [0.29, 0.717) is 36.9 Å². The molecule has 9 nitrogen and oxygen atoms in total. The van der Waals surface area contributed by atoms with Gasteiger partial charge in [0, 0.05) is 6.04 Å². The van der Waals surface area contributed by atoms with Crippen LogP contribution in [-0.2, 0) is 19.4 Å². The number of fused-ring (bicyclic) bond motifs is 1. The monoisotopic (exact) mass is 399 g/mol. The van der Waals surface area contributed by atoms with Gasteiger partial charge in [0.2, 0.25) is 5.75 Å². The van der Waals surface area contributed by atoms with Crippen LogP contribution in [0, 0.1) is 0 Å². The minimum Gasteiger partial charge on any atom is -0.493 e. The predicted octanol–water partition coefficient (Wildman–Crippen LogP) is 0.315.